The van der Waals surface area contributed by atoms with Gasteiger partial charge in [0.25, 0.3) is 0 Å². The number of carbonyl (C=O) groups excluding carboxylic acids is 1. The third-order valence-corrected chi connectivity index (χ3v) is 2.65. The summed E-state index contributed by atoms with van der Waals surface area (Å²) in [6.07, 6.45) is 0.854. The van der Waals surface area contributed by atoms with Gasteiger partial charge in [-0.1, -0.05) is 6.07 Å². The van der Waals surface area contributed by atoms with Crippen LogP contribution in [0.4, 0.5) is 13.2 Å². The third-order valence-electron chi connectivity index (χ3n) is 2.65. The Labute approximate surface area is 90.0 Å². The van der Waals surface area contributed by atoms with Crippen molar-refractivity contribution >= 4 is 5.78 Å². The fourth-order valence-corrected chi connectivity index (χ4v) is 1.77. The smallest absolute Gasteiger partial charge is 0.387 e. The molecule has 1 aromatic carbocycles. The second-order valence-electron chi connectivity index (χ2n) is 3.59. The lowest BCUT2D eigenvalue weighted by Gasteiger charge is -2.26. The monoisotopic (exact) mass is 230 g/mol. The molecule has 1 fully saturated rings. The van der Waals surface area contributed by atoms with Crippen molar-refractivity contribution in [2.75, 3.05) is 0 Å². The van der Waals surface area contributed by atoms with Gasteiger partial charge >= 0.3 is 6.61 Å². The second-order valence-corrected chi connectivity index (χ2v) is 3.59. The first-order chi connectivity index (χ1) is 7.59. The van der Waals surface area contributed by atoms with Gasteiger partial charge in [0.15, 0.2) is 0 Å². The molecule has 0 amide bonds. The summed E-state index contributed by atoms with van der Waals surface area (Å²) >= 11 is 0. The molecule has 1 saturated carbocycles. The maximum absolute atomic E-state index is 13.5. The molecule has 0 aliphatic heterocycles. The van der Waals surface area contributed by atoms with E-state index in [1.807, 2.05) is 0 Å². The number of ether oxygens (including phenoxy) is 1. The topological polar surface area (TPSA) is 26.3 Å². The highest BCUT2D eigenvalue weighted by Crippen LogP contribution is 2.39. The van der Waals surface area contributed by atoms with E-state index in [0.717, 1.165) is 6.07 Å². The Kier molecular flexibility index (Phi) is 2.85. The lowest BCUT2D eigenvalue weighted by Crippen LogP contribution is -2.25. The van der Waals surface area contributed by atoms with Crippen molar-refractivity contribution in [3.63, 3.8) is 0 Å². The van der Waals surface area contributed by atoms with E-state index >= 15 is 0 Å². The molecule has 0 N–H and O–H groups in total. The van der Waals surface area contributed by atoms with Gasteiger partial charge in [-0.3, -0.25) is 4.79 Å². The van der Waals surface area contributed by atoms with Crippen LogP contribution in [0.2, 0.25) is 0 Å². The fraction of sp³-hybridized carbons (Fsp3) is 0.364. The molecule has 0 bridgehead atoms. The number of hydrogen-bond acceptors (Lipinski definition) is 2. The van der Waals surface area contributed by atoms with Crippen molar-refractivity contribution in [3.8, 4) is 5.75 Å². The van der Waals surface area contributed by atoms with E-state index < -0.39 is 18.3 Å². The average Bonchev–Trinajstić information content (AvgIpc) is 2.20. The Balaban J connectivity index is 2.36. The van der Waals surface area contributed by atoms with Crippen LogP contribution in [0.3, 0.4) is 0 Å². The third kappa shape index (κ3) is 1.89. The molecule has 2 rings (SSSR count). The predicted octanol–water partition coefficient (Wildman–Crippen LogP) is 2.87. The summed E-state index contributed by atoms with van der Waals surface area (Å²) in [6.45, 7) is -3.02. The largest absolute Gasteiger partial charge is 0.434 e. The lowest BCUT2D eigenvalue weighted by atomic mass is 9.78. The van der Waals surface area contributed by atoms with E-state index in [1.54, 1.807) is 0 Å². The van der Waals surface area contributed by atoms with E-state index in [1.165, 1.54) is 12.1 Å². The summed E-state index contributed by atoms with van der Waals surface area (Å²) in [4.78, 5) is 11.2. The van der Waals surface area contributed by atoms with Crippen LogP contribution in [-0.2, 0) is 4.79 Å². The molecule has 1 atom stereocenters. The van der Waals surface area contributed by atoms with Gasteiger partial charge in [0.2, 0.25) is 0 Å². The summed E-state index contributed by atoms with van der Waals surface area (Å²) in [7, 11) is 0. The minimum Gasteiger partial charge on any atom is -0.434 e. The average molecular weight is 230 g/mol. The molecule has 1 aromatic rings. The number of carbonyl (C=O) groups is 1. The predicted molar refractivity (Wildman–Crippen MR) is 50.0 cm³/mol. The van der Waals surface area contributed by atoms with Crippen molar-refractivity contribution in [1.29, 1.82) is 0 Å². The molecule has 2 nitrogen and oxygen atoms in total. The van der Waals surface area contributed by atoms with Crippen LogP contribution in [0.15, 0.2) is 18.2 Å². The number of halogens is 3. The molecule has 0 spiro atoms. The van der Waals surface area contributed by atoms with E-state index in [4.69, 9.17) is 0 Å². The first-order valence-corrected chi connectivity index (χ1v) is 4.85. The van der Waals surface area contributed by atoms with Crippen LogP contribution < -0.4 is 4.74 Å². The Morgan fingerprint density at radius 1 is 1.38 bits per heavy atom. The highest BCUT2D eigenvalue weighted by molar-refractivity contribution is 5.91. The molecule has 0 radical (unpaired) electrons. The van der Waals surface area contributed by atoms with Gasteiger partial charge in [0.1, 0.15) is 17.3 Å². The lowest BCUT2D eigenvalue weighted by molar-refractivity contribution is -0.126. The zero-order chi connectivity index (χ0) is 11.7. The maximum atomic E-state index is 13.5. The van der Waals surface area contributed by atoms with Gasteiger partial charge in [0.05, 0.1) is 0 Å². The van der Waals surface area contributed by atoms with Gasteiger partial charge in [-0.25, -0.2) is 4.39 Å². The van der Waals surface area contributed by atoms with Gasteiger partial charge in [-0.05, 0) is 18.6 Å². The van der Waals surface area contributed by atoms with E-state index in [-0.39, 0.29) is 17.1 Å². The van der Waals surface area contributed by atoms with Crippen molar-refractivity contribution in [2.45, 2.75) is 25.4 Å². The summed E-state index contributed by atoms with van der Waals surface area (Å²) < 4.78 is 41.8. The van der Waals surface area contributed by atoms with Crippen LogP contribution in [0.25, 0.3) is 0 Å². The zero-order valence-corrected chi connectivity index (χ0v) is 8.25. The number of ketones is 1. The summed E-state index contributed by atoms with van der Waals surface area (Å²) in [5.41, 5.74) is -0.0425. The Morgan fingerprint density at radius 2 is 2.12 bits per heavy atom. The van der Waals surface area contributed by atoms with Gasteiger partial charge in [-0.2, -0.15) is 8.78 Å². The first kappa shape index (κ1) is 11.0. The standard InChI is InChI=1S/C11H9F3O2/c12-7-2-1-3-9(16-11(13)14)10(7)6-4-5-8(6)15/h1-3,6,11H,4-5H2. The highest BCUT2D eigenvalue weighted by Gasteiger charge is 2.34. The Morgan fingerprint density at radius 3 is 2.62 bits per heavy atom. The minimum absolute atomic E-state index is 0.0425. The molecule has 0 aromatic heterocycles. The molecule has 0 saturated heterocycles. The summed E-state index contributed by atoms with van der Waals surface area (Å²) in [5.74, 6) is -1.68. The van der Waals surface area contributed by atoms with Gasteiger partial charge in [-0.15, -0.1) is 0 Å². The highest BCUT2D eigenvalue weighted by atomic mass is 19.3. The molecule has 5 heteroatoms. The SMILES string of the molecule is O=C1CCC1c1c(F)cccc1OC(F)F. The van der Waals surface area contributed by atoms with Crippen molar-refractivity contribution < 1.29 is 22.7 Å². The summed E-state index contributed by atoms with van der Waals surface area (Å²) in [6, 6.07) is 3.66. The quantitative estimate of drug-likeness (QED) is 0.798. The second kappa shape index (κ2) is 4.15. The molecule has 1 aliphatic carbocycles. The normalized spacial score (nSPS) is 19.8. The molecule has 1 unspecified atom stereocenters. The van der Waals surface area contributed by atoms with Crippen LogP contribution in [-0.4, -0.2) is 12.4 Å². The number of alkyl halides is 2. The molecule has 86 valence electrons. The van der Waals surface area contributed by atoms with Crippen LogP contribution >= 0.6 is 0 Å². The van der Waals surface area contributed by atoms with E-state index in [2.05, 4.69) is 4.74 Å². The van der Waals surface area contributed by atoms with E-state index in [0.29, 0.717) is 12.8 Å². The first-order valence-electron chi connectivity index (χ1n) is 4.85. The number of benzene rings is 1. The van der Waals surface area contributed by atoms with Crippen molar-refractivity contribution in [2.24, 2.45) is 0 Å². The Bertz CT molecular complexity index is 418. The maximum Gasteiger partial charge on any atom is 0.387 e. The van der Waals surface area contributed by atoms with Crippen LogP contribution in [0.1, 0.15) is 24.3 Å². The molecule has 0 heterocycles. The van der Waals surface area contributed by atoms with Gasteiger partial charge in [0, 0.05) is 17.9 Å². The Hall–Kier alpha value is -1.52. The number of rotatable bonds is 3. The van der Waals surface area contributed by atoms with Crippen molar-refractivity contribution in [1.82, 2.24) is 0 Å². The number of Topliss-reactive ketones (excluding diaryl/α,β-unsaturated/α-hetero) is 1. The van der Waals surface area contributed by atoms with E-state index in [9.17, 15) is 18.0 Å². The zero-order valence-electron chi connectivity index (χ0n) is 8.25. The van der Waals surface area contributed by atoms with Crippen LogP contribution in [0.5, 0.6) is 5.75 Å². The molecular formula is C11H9F3O2. The van der Waals surface area contributed by atoms with Gasteiger partial charge < -0.3 is 4.74 Å². The molecule has 1 aliphatic rings. The fourth-order valence-electron chi connectivity index (χ4n) is 1.77. The minimum atomic E-state index is -3.02. The number of hydrogen-bond donors (Lipinski definition) is 0. The molecular weight excluding hydrogens is 221 g/mol. The summed E-state index contributed by atoms with van der Waals surface area (Å²) in [5, 5.41) is 0. The van der Waals surface area contributed by atoms with Crippen molar-refractivity contribution in [3.05, 3.63) is 29.6 Å². The van der Waals surface area contributed by atoms with Crippen LogP contribution in [0, 0.1) is 5.82 Å². The molecule has 16 heavy (non-hydrogen) atoms.